The molecule has 7 heteroatoms. The maximum absolute atomic E-state index is 12.9. The summed E-state index contributed by atoms with van der Waals surface area (Å²) in [7, 11) is 0. The van der Waals surface area contributed by atoms with Gasteiger partial charge in [-0.2, -0.15) is 13.2 Å². The van der Waals surface area contributed by atoms with Gasteiger partial charge in [0.05, 0.1) is 5.56 Å². The molecule has 0 radical (unpaired) electrons. The van der Waals surface area contributed by atoms with Crippen molar-refractivity contribution in [1.29, 1.82) is 0 Å². The SMILES string of the molecule is C[C@@H](Oc1ccccc1C(F)(F)F)C(=O)N1CC[C@@H](CN)C1. The number of alkyl halides is 3. The number of nitrogens with two attached hydrogens (primary N) is 1. The molecular formula is C15H19F3N2O2. The van der Waals surface area contributed by atoms with Crippen molar-refractivity contribution in [3.63, 3.8) is 0 Å². The Morgan fingerprint density at radius 1 is 1.45 bits per heavy atom. The molecule has 2 N–H and O–H groups in total. The molecule has 1 saturated heterocycles. The third kappa shape index (κ3) is 3.71. The average Bonchev–Trinajstić information content (AvgIpc) is 2.94. The van der Waals surface area contributed by atoms with Crippen molar-refractivity contribution < 1.29 is 22.7 Å². The van der Waals surface area contributed by atoms with Gasteiger partial charge in [-0.3, -0.25) is 4.79 Å². The van der Waals surface area contributed by atoms with Gasteiger partial charge in [0.15, 0.2) is 6.10 Å². The van der Waals surface area contributed by atoms with Crippen LogP contribution in [0.2, 0.25) is 0 Å². The van der Waals surface area contributed by atoms with E-state index >= 15 is 0 Å². The molecule has 1 aliphatic heterocycles. The van der Waals surface area contributed by atoms with Gasteiger partial charge >= 0.3 is 6.18 Å². The number of para-hydroxylation sites is 1. The second-order valence-corrected chi connectivity index (χ2v) is 5.43. The fraction of sp³-hybridized carbons (Fsp3) is 0.533. The zero-order valence-electron chi connectivity index (χ0n) is 12.3. The van der Waals surface area contributed by atoms with Crippen LogP contribution in [0.25, 0.3) is 0 Å². The van der Waals surface area contributed by atoms with Crippen LogP contribution in [0, 0.1) is 5.92 Å². The van der Waals surface area contributed by atoms with E-state index in [9.17, 15) is 18.0 Å². The van der Waals surface area contributed by atoms with E-state index in [4.69, 9.17) is 10.5 Å². The number of rotatable bonds is 4. The molecule has 1 fully saturated rings. The first kappa shape index (κ1) is 16.6. The van der Waals surface area contributed by atoms with Gasteiger partial charge in [-0.1, -0.05) is 12.1 Å². The lowest BCUT2D eigenvalue weighted by atomic mass is 10.1. The number of amides is 1. The maximum atomic E-state index is 12.9. The van der Waals surface area contributed by atoms with Crippen LogP contribution >= 0.6 is 0 Å². The lowest BCUT2D eigenvalue weighted by molar-refractivity contribution is -0.143. The number of ether oxygens (including phenoxy) is 1. The summed E-state index contributed by atoms with van der Waals surface area (Å²) in [5.74, 6) is -0.392. The van der Waals surface area contributed by atoms with Crippen molar-refractivity contribution >= 4 is 5.91 Å². The van der Waals surface area contributed by atoms with Crippen molar-refractivity contribution in [3.8, 4) is 5.75 Å². The summed E-state index contributed by atoms with van der Waals surface area (Å²) in [5, 5.41) is 0. The number of hydrogen-bond acceptors (Lipinski definition) is 3. The van der Waals surface area contributed by atoms with E-state index in [0.717, 1.165) is 12.5 Å². The highest BCUT2D eigenvalue weighted by atomic mass is 19.4. The Morgan fingerprint density at radius 2 is 2.14 bits per heavy atom. The average molecular weight is 316 g/mol. The van der Waals surface area contributed by atoms with Gasteiger partial charge < -0.3 is 15.4 Å². The van der Waals surface area contributed by atoms with Gasteiger partial charge in [0.2, 0.25) is 0 Å². The van der Waals surface area contributed by atoms with E-state index in [0.29, 0.717) is 19.6 Å². The monoisotopic (exact) mass is 316 g/mol. The number of hydrogen-bond donors (Lipinski definition) is 1. The van der Waals surface area contributed by atoms with E-state index < -0.39 is 17.8 Å². The smallest absolute Gasteiger partial charge is 0.419 e. The normalized spacial score (nSPS) is 20.0. The molecule has 2 rings (SSSR count). The summed E-state index contributed by atoms with van der Waals surface area (Å²) in [6.07, 6.45) is -4.67. The Bertz CT molecular complexity index is 534. The molecule has 0 unspecified atom stereocenters. The number of likely N-dealkylation sites (tertiary alicyclic amines) is 1. The molecule has 122 valence electrons. The minimum atomic E-state index is -4.52. The van der Waals surface area contributed by atoms with Gasteiger partial charge in [-0.05, 0) is 37.9 Å². The summed E-state index contributed by atoms with van der Waals surface area (Å²) >= 11 is 0. The molecule has 1 heterocycles. The molecule has 22 heavy (non-hydrogen) atoms. The van der Waals surface area contributed by atoms with E-state index in [-0.39, 0.29) is 17.6 Å². The molecule has 1 amide bonds. The number of carbonyl (C=O) groups is 1. The molecule has 2 atom stereocenters. The van der Waals surface area contributed by atoms with Crippen molar-refractivity contribution in [1.82, 2.24) is 4.90 Å². The zero-order valence-corrected chi connectivity index (χ0v) is 12.3. The number of carbonyl (C=O) groups excluding carboxylic acids is 1. The zero-order chi connectivity index (χ0) is 16.3. The van der Waals surface area contributed by atoms with Crippen LogP contribution in [-0.2, 0) is 11.0 Å². The van der Waals surface area contributed by atoms with E-state index in [1.54, 1.807) is 4.90 Å². The first-order valence-corrected chi connectivity index (χ1v) is 7.14. The van der Waals surface area contributed by atoms with E-state index in [2.05, 4.69) is 0 Å². The molecule has 1 aromatic rings. The predicted molar refractivity (Wildman–Crippen MR) is 75.3 cm³/mol. The second kappa shape index (κ2) is 6.56. The second-order valence-electron chi connectivity index (χ2n) is 5.43. The quantitative estimate of drug-likeness (QED) is 0.927. The standard InChI is InChI=1S/C15H19F3N2O2/c1-10(14(21)20-7-6-11(8-19)9-20)22-13-5-3-2-4-12(13)15(16,17)18/h2-5,10-11H,6-9,19H2,1H3/t10-,11+/m1/s1. The van der Waals surface area contributed by atoms with Crippen molar-refractivity contribution in [2.24, 2.45) is 11.7 Å². The van der Waals surface area contributed by atoms with Gasteiger partial charge in [0, 0.05) is 13.1 Å². The first-order valence-electron chi connectivity index (χ1n) is 7.14. The molecule has 0 bridgehead atoms. The van der Waals surface area contributed by atoms with Crippen LogP contribution in [0.3, 0.4) is 0 Å². The molecule has 0 aliphatic carbocycles. The van der Waals surface area contributed by atoms with Crippen LogP contribution in [0.1, 0.15) is 18.9 Å². The van der Waals surface area contributed by atoms with Crippen LogP contribution in [-0.4, -0.2) is 36.5 Å². The molecule has 0 aromatic heterocycles. The lowest BCUT2D eigenvalue weighted by Crippen LogP contribution is -2.39. The fourth-order valence-corrected chi connectivity index (χ4v) is 2.53. The minimum absolute atomic E-state index is 0.249. The lowest BCUT2D eigenvalue weighted by Gasteiger charge is -2.23. The Kier molecular flexibility index (Phi) is 4.95. The van der Waals surface area contributed by atoms with Gasteiger partial charge in [0.1, 0.15) is 5.75 Å². The number of nitrogens with zero attached hydrogens (tertiary/aromatic N) is 1. The molecule has 0 saturated carbocycles. The molecule has 4 nitrogen and oxygen atoms in total. The largest absolute Gasteiger partial charge is 0.480 e. The van der Waals surface area contributed by atoms with Crippen molar-refractivity contribution in [2.75, 3.05) is 19.6 Å². The number of halogens is 3. The number of benzene rings is 1. The van der Waals surface area contributed by atoms with Crippen LogP contribution in [0.4, 0.5) is 13.2 Å². The van der Waals surface area contributed by atoms with Crippen LogP contribution in [0.5, 0.6) is 5.75 Å². The highest BCUT2D eigenvalue weighted by Crippen LogP contribution is 2.36. The Morgan fingerprint density at radius 3 is 2.73 bits per heavy atom. The van der Waals surface area contributed by atoms with E-state index in [1.807, 2.05) is 0 Å². The fourth-order valence-electron chi connectivity index (χ4n) is 2.53. The highest BCUT2D eigenvalue weighted by molar-refractivity contribution is 5.81. The molecule has 1 aromatic carbocycles. The summed E-state index contributed by atoms with van der Waals surface area (Å²) in [5.41, 5.74) is 4.69. The first-order chi connectivity index (χ1) is 10.3. The van der Waals surface area contributed by atoms with Crippen LogP contribution < -0.4 is 10.5 Å². The van der Waals surface area contributed by atoms with E-state index in [1.165, 1.54) is 25.1 Å². The Balaban J connectivity index is 2.06. The molecular weight excluding hydrogens is 297 g/mol. The van der Waals surface area contributed by atoms with Crippen molar-refractivity contribution in [2.45, 2.75) is 25.6 Å². The molecule has 1 aliphatic rings. The van der Waals surface area contributed by atoms with Crippen molar-refractivity contribution in [3.05, 3.63) is 29.8 Å². The summed E-state index contributed by atoms with van der Waals surface area (Å²) in [6, 6.07) is 4.89. The third-order valence-corrected chi connectivity index (χ3v) is 3.77. The predicted octanol–water partition coefficient (Wildman–Crippen LogP) is 2.28. The summed E-state index contributed by atoms with van der Waals surface area (Å²) in [4.78, 5) is 13.8. The summed E-state index contributed by atoms with van der Waals surface area (Å²) < 4.78 is 44.0. The minimum Gasteiger partial charge on any atom is -0.480 e. The van der Waals surface area contributed by atoms with Gasteiger partial charge in [-0.15, -0.1) is 0 Å². The Hall–Kier alpha value is -1.76. The Labute approximate surface area is 127 Å². The van der Waals surface area contributed by atoms with Gasteiger partial charge in [-0.25, -0.2) is 0 Å². The van der Waals surface area contributed by atoms with Crippen LogP contribution in [0.15, 0.2) is 24.3 Å². The highest BCUT2D eigenvalue weighted by Gasteiger charge is 2.35. The van der Waals surface area contributed by atoms with Gasteiger partial charge in [0.25, 0.3) is 5.91 Å². The summed E-state index contributed by atoms with van der Waals surface area (Å²) in [6.45, 7) is 3.06. The topological polar surface area (TPSA) is 55.6 Å². The maximum Gasteiger partial charge on any atom is 0.419 e. The molecule has 0 spiro atoms. The third-order valence-electron chi connectivity index (χ3n) is 3.77.